The Balaban J connectivity index is 1.30. The van der Waals surface area contributed by atoms with Crippen molar-refractivity contribution in [3.63, 3.8) is 0 Å². The van der Waals surface area contributed by atoms with Crippen molar-refractivity contribution in [3.05, 3.63) is 54.4 Å². The number of anilines is 1. The lowest BCUT2D eigenvalue weighted by molar-refractivity contribution is 0.247. The molecule has 5 nitrogen and oxygen atoms in total. The predicted octanol–water partition coefficient (Wildman–Crippen LogP) is 4.23. The van der Waals surface area contributed by atoms with Crippen molar-refractivity contribution in [2.75, 3.05) is 37.6 Å². The first-order chi connectivity index (χ1) is 14.3. The number of imidazole rings is 1. The molecule has 1 aliphatic heterocycles. The molecule has 1 aromatic carbocycles. The van der Waals surface area contributed by atoms with E-state index in [2.05, 4.69) is 57.0 Å². The number of pyridine rings is 1. The van der Waals surface area contributed by atoms with E-state index in [9.17, 15) is 0 Å². The third-order valence-corrected chi connectivity index (χ3v) is 6.14. The van der Waals surface area contributed by atoms with Gasteiger partial charge in [-0.05, 0) is 48.9 Å². The Morgan fingerprint density at radius 1 is 1.03 bits per heavy atom. The van der Waals surface area contributed by atoms with Gasteiger partial charge < -0.3 is 9.88 Å². The quantitative estimate of drug-likeness (QED) is 0.687. The Bertz CT molecular complexity index is 967. The van der Waals surface area contributed by atoms with Crippen molar-refractivity contribution in [2.24, 2.45) is 5.92 Å². The molecule has 0 spiro atoms. The van der Waals surface area contributed by atoms with Crippen LogP contribution in [-0.4, -0.2) is 52.6 Å². The summed E-state index contributed by atoms with van der Waals surface area (Å²) in [6.45, 7) is 7.85. The third kappa shape index (κ3) is 4.20. The topological polar surface area (TPSA) is 48.1 Å². The summed E-state index contributed by atoms with van der Waals surface area (Å²) in [5, 5.41) is 0. The van der Waals surface area contributed by atoms with Crippen LogP contribution in [0.1, 0.15) is 25.3 Å². The number of hydrogen-bond acceptors (Lipinski definition) is 4. The summed E-state index contributed by atoms with van der Waals surface area (Å²) in [6, 6.07) is 12.8. The third-order valence-electron chi connectivity index (χ3n) is 6.14. The summed E-state index contributed by atoms with van der Waals surface area (Å²) < 4.78 is 0. The minimum absolute atomic E-state index is 0.901. The van der Waals surface area contributed by atoms with Crippen molar-refractivity contribution in [1.29, 1.82) is 0 Å². The molecule has 2 aromatic heterocycles. The predicted molar refractivity (Wildman–Crippen MR) is 118 cm³/mol. The molecular weight excluding hydrogens is 358 g/mol. The summed E-state index contributed by atoms with van der Waals surface area (Å²) in [5.41, 5.74) is 4.57. The number of nitrogens with one attached hydrogen (secondary N) is 1. The van der Waals surface area contributed by atoms with Crippen molar-refractivity contribution in [2.45, 2.75) is 26.2 Å². The number of benzene rings is 1. The van der Waals surface area contributed by atoms with E-state index in [1.807, 2.05) is 18.5 Å². The Morgan fingerprint density at radius 3 is 2.69 bits per heavy atom. The first kappa shape index (κ1) is 18.4. The van der Waals surface area contributed by atoms with Gasteiger partial charge in [-0.2, -0.15) is 0 Å². The highest BCUT2D eigenvalue weighted by Crippen LogP contribution is 2.30. The Kier molecular flexibility index (Phi) is 5.06. The van der Waals surface area contributed by atoms with E-state index in [4.69, 9.17) is 4.98 Å². The molecule has 1 aliphatic carbocycles. The zero-order valence-corrected chi connectivity index (χ0v) is 17.1. The van der Waals surface area contributed by atoms with Gasteiger partial charge in [-0.15, -0.1) is 0 Å². The highest BCUT2D eigenvalue weighted by Gasteiger charge is 2.26. The molecule has 1 saturated heterocycles. The van der Waals surface area contributed by atoms with E-state index in [0.717, 1.165) is 67.0 Å². The van der Waals surface area contributed by atoms with Gasteiger partial charge in [0.1, 0.15) is 11.6 Å². The molecule has 2 fully saturated rings. The molecule has 0 unspecified atom stereocenters. The normalized spacial score (nSPS) is 17.6. The first-order valence-corrected chi connectivity index (χ1v) is 10.9. The summed E-state index contributed by atoms with van der Waals surface area (Å²) >= 11 is 0. The standard InChI is InChI=1S/C24H29N5/c1-2-18-4-3-5-20(14-18)22-16-26-24(27-22)21-8-9-25-23(15-21)29-12-10-28(11-13-29)17-19-6-7-19/h3-5,8-9,14-16,19H,2,6-7,10-13,17H2,1H3,(H,26,27). The van der Waals surface area contributed by atoms with Crippen molar-refractivity contribution >= 4 is 5.82 Å². The molecule has 5 heteroatoms. The van der Waals surface area contributed by atoms with Crippen LogP contribution >= 0.6 is 0 Å². The van der Waals surface area contributed by atoms with Gasteiger partial charge in [0.15, 0.2) is 0 Å². The van der Waals surface area contributed by atoms with Crippen molar-refractivity contribution in [1.82, 2.24) is 19.9 Å². The second-order valence-corrected chi connectivity index (χ2v) is 8.32. The summed E-state index contributed by atoms with van der Waals surface area (Å²) in [4.78, 5) is 17.9. The van der Waals surface area contributed by atoms with Gasteiger partial charge in [-0.3, -0.25) is 4.90 Å². The first-order valence-electron chi connectivity index (χ1n) is 10.9. The maximum Gasteiger partial charge on any atom is 0.138 e. The molecule has 150 valence electrons. The van der Waals surface area contributed by atoms with Gasteiger partial charge in [-0.25, -0.2) is 9.97 Å². The van der Waals surface area contributed by atoms with Gasteiger partial charge >= 0.3 is 0 Å². The number of aromatic nitrogens is 3. The van der Waals surface area contributed by atoms with Gasteiger partial charge in [0.05, 0.1) is 5.69 Å². The fraction of sp³-hybridized carbons (Fsp3) is 0.417. The highest BCUT2D eigenvalue weighted by molar-refractivity contribution is 5.66. The van der Waals surface area contributed by atoms with Crippen LogP contribution in [0.4, 0.5) is 5.82 Å². The lowest BCUT2D eigenvalue weighted by Crippen LogP contribution is -2.47. The molecular formula is C24H29N5. The molecule has 1 N–H and O–H groups in total. The smallest absolute Gasteiger partial charge is 0.138 e. The lowest BCUT2D eigenvalue weighted by atomic mass is 10.1. The van der Waals surface area contributed by atoms with Crippen molar-refractivity contribution in [3.8, 4) is 22.6 Å². The zero-order chi connectivity index (χ0) is 19.6. The van der Waals surface area contributed by atoms with E-state index >= 15 is 0 Å². The van der Waals surface area contributed by atoms with E-state index in [0.29, 0.717) is 0 Å². The van der Waals surface area contributed by atoms with Crippen LogP contribution in [0.15, 0.2) is 48.8 Å². The van der Waals surface area contributed by atoms with Gasteiger partial charge in [-0.1, -0.05) is 25.1 Å². The van der Waals surface area contributed by atoms with E-state index in [1.165, 1.54) is 24.9 Å². The molecule has 0 amide bonds. The minimum Gasteiger partial charge on any atom is -0.354 e. The number of H-pyrrole nitrogens is 1. The molecule has 3 aromatic rings. The largest absolute Gasteiger partial charge is 0.354 e. The second kappa shape index (κ2) is 7.99. The van der Waals surface area contributed by atoms with Crippen LogP contribution in [0.3, 0.4) is 0 Å². The van der Waals surface area contributed by atoms with Crippen LogP contribution in [0.2, 0.25) is 0 Å². The van der Waals surface area contributed by atoms with Crippen LogP contribution in [0.5, 0.6) is 0 Å². The van der Waals surface area contributed by atoms with Crippen molar-refractivity contribution < 1.29 is 0 Å². The molecule has 0 bridgehead atoms. The van der Waals surface area contributed by atoms with Gasteiger partial charge in [0, 0.05) is 56.2 Å². The maximum atomic E-state index is 4.85. The fourth-order valence-corrected chi connectivity index (χ4v) is 4.13. The highest BCUT2D eigenvalue weighted by atomic mass is 15.3. The fourth-order valence-electron chi connectivity index (χ4n) is 4.13. The monoisotopic (exact) mass is 387 g/mol. The Morgan fingerprint density at radius 2 is 1.90 bits per heavy atom. The SMILES string of the molecule is CCc1cccc(-c2c[nH]c(-c3ccnc(N4CCN(CC5CC5)CC4)c3)n2)c1. The molecule has 0 atom stereocenters. The maximum absolute atomic E-state index is 4.85. The number of nitrogens with zero attached hydrogens (tertiary/aromatic N) is 4. The number of rotatable bonds is 6. The molecule has 29 heavy (non-hydrogen) atoms. The summed E-state index contributed by atoms with van der Waals surface area (Å²) in [5.74, 6) is 2.92. The van der Waals surface area contributed by atoms with Crippen LogP contribution < -0.4 is 4.90 Å². The Hall–Kier alpha value is -2.66. The van der Waals surface area contributed by atoms with Gasteiger partial charge in [0.25, 0.3) is 0 Å². The molecule has 2 aliphatic rings. The van der Waals surface area contributed by atoms with E-state index in [-0.39, 0.29) is 0 Å². The van der Waals surface area contributed by atoms with E-state index in [1.54, 1.807) is 0 Å². The summed E-state index contributed by atoms with van der Waals surface area (Å²) in [7, 11) is 0. The number of aromatic amines is 1. The lowest BCUT2D eigenvalue weighted by Gasteiger charge is -2.35. The molecule has 5 rings (SSSR count). The number of piperazine rings is 1. The Labute approximate surface area is 172 Å². The summed E-state index contributed by atoms with van der Waals surface area (Å²) in [6.07, 6.45) is 7.80. The second-order valence-electron chi connectivity index (χ2n) is 8.32. The molecule has 3 heterocycles. The average molecular weight is 388 g/mol. The number of hydrogen-bond donors (Lipinski definition) is 1. The molecule has 0 radical (unpaired) electrons. The van der Waals surface area contributed by atoms with Crippen LogP contribution in [0, 0.1) is 5.92 Å². The van der Waals surface area contributed by atoms with E-state index < -0.39 is 0 Å². The minimum atomic E-state index is 0.901. The average Bonchev–Trinajstić information content (AvgIpc) is 3.45. The van der Waals surface area contributed by atoms with Gasteiger partial charge in [0.2, 0.25) is 0 Å². The number of aryl methyl sites for hydroxylation is 1. The van der Waals surface area contributed by atoms with Crippen LogP contribution in [-0.2, 0) is 6.42 Å². The zero-order valence-electron chi connectivity index (χ0n) is 17.1. The molecule has 1 saturated carbocycles. The van der Waals surface area contributed by atoms with Crippen LogP contribution in [0.25, 0.3) is 22.6 Å².